The Kier molecular flexibility index (Phi) is 3.40. The summed E-state index contributed by atoms with van der Waals surface area (Å²) in [7, 11) is 0. The molecular formula is C16H15ClFNO. The van der Waals surface area contributed by atoms with E-state index in [0.717, 1.165) is 22.4 Å². The first-order valence-electron chi connectivity index (χ1n) is 6.52. The van der Waals surface area contributed by atoms with Gasteiger partial charge in [0.15, 0.2) is 0 Å². The zero-order chi connectivity index (χ0) is 14.3. The number of aryl methyl sites for hydroxylation is 1. The molecule has 20 heavy (non-hydrogen) atoms. The van der Waals surface area contributed by atoms with Crippen LogP contribution < -0.4 is 10.5 Å². The number of halogens is 2. The van der Waals surface area contributed by atoms with E-state index in [1.54, 1.807) is 12.1 Å². The topological polar surface area (TPSA) is 35.2 Å². The quantitative estimate of drug-likeness (QED) is 0.849. The van der Waals surface area contributed by atoms with Crippen LogP contribution in [-0.4, -0.2) is 0 Å². The van der Waals surface area contributed by atoms with Crippen LogP contribution in [0.1, 0.15) is 35.3 Å². The number of hydrogen-bond acceptors (Lipinski definition) is 2. The Bertz CT molecular complexity index is 659. The van der Waals surface area contributed by atoms with Crippen LogP contribution in [0, 0.1) is 12.7 Å². The van der Waals surface area contributed by atoms with Gasteiger partial charge < -0.3 is 10.5 Å². The first kappa shape index (κ1) is 13.4. The Hall–Kier alpha value is -1.58. The highest BCUT2D eigenvalue weighted by molar-refractivity contribution is 6.30. The van der Waals surface area contributed by atoms with Crippen LogP contribution in [0.4, 0.5) is 4.39 Å². The minimum Gasteiger partial charge on any atom is -0.485 e. The maximum absolute atomic E-state index is 13.2. The standard InChI is InChI=1S/C16H15ClFNO/c1-9-2-5-15-11(6-9)14(19)8-16(20-15)10-3-4-13(18)12(17)7-10/h2-7,14,16H,8,19H2,1H3/t14-,16?/m1/s1. The minimum atomic E-state index is -0.424. The van der Waals surface area contributed by atoms with Gasteiger partial charge in [-0.15, -0.1) is 0 Å². The van der Waals surface area contributed by atoms with E-state index in [0.29, 0.717) is 6.42 Å². The molecule has 0 saturated carbocycles. The second-order valence-corrected chi connectivity index (χ2v) is 5.57. The lowest BCUT2D eigenvalue weighted by molar-refractivity contribution is 0.161. The molecule has 1 aliphatic rings. The molecule has 2 aromatic rings. The van der Waals surface area contributed by atoms with Crippen molar-refractivity contribution in [3.05, 3.63) is 63.9 Å². The third-order valence-electron chi connectivity index (χ3n) is 3.62. The van der Waals surface area contributed by atoms with Gasteiger partial charge >= 0.3 is 0 Å². The van der Waals surface area contributed by atoms with E-state index >= 15 is 0 Å². The van der Waals surface area contributed by atoms with E-state index in [9.17, 15) is 4.39 Å². The van der Waals surface area contributed by atoms with Crippen LogP contribution in [0.3, 0.4) is 0 Å². The number of fused-ring (bicyclic) bond motifs is 1. The maximum Gasteiger partial charge on any atom is 0.141 e. The Morgan fingerprint density at radius 2 is 2.05 bits per heavy atom. The average Bonchev–Trinajstić information content (AvgIpc) is 2.42. The van der Waals surface area contributed by atoms with Crippen LogP contribution in [0.25, 0.3) is 0 Å². The van der Waals surface area contributed by atoms with Crippen molar-refractivity contribution in [2.24, 2.45) is 5.73 Å². The van der Waals surface area contributed by atoms with Gasteiger partial charge in [0, 0.05) is 18.0 Å². The van der Waals surface area contributed by atoms with E-state index in [1.807, 2.05) is 25.1 Å². The van der Waals surface area contributed by atoms with Gasteiger partial charge in [-0.05, 0) is 30.7 Å². The fourth-order valence-corrected chi connectivity index (χ4v) is 2.73. The molecule has 0 amide bonds. The van der Waals surface area contributed by atoms with Crippen molar-refractivity contribution in [3.63, 3.8) is 0 Å². The van der Waals surface area contributed by atoms with E-state index in [4.69, 9.17) is 22.1 Å². The minimum absolute atomic E-state index is 0.0903. The molecule has 0 aromatic heterocycles. The van der Waals surface area contributed by atoms with E-state index < -0.39 is 5.82 Å². The lowest BCUT2D eigenvalue weighted by Crippen LogP contribution is -2.24. The summed E-state index contributed by atoms with van der Waals surface area (Å²) in [5, 5.41) is 0.106. The van der Waals surface area contributed by atoms with Gasteiger partial charge in [-0.25, -0.2) is 4.39 Å². The van der Waals surface area contributed by atoms with E-state index in [1.165, 1.54) is 6.07 Å². The molecule has 2 nitrogen and oxygen atoms in total. The van der Waals surface area contributed by atoms with Gasteiger partial charge in [0.1, 0.15) is 17.7 Å². The molecule has 104 valence electrons. The Labute approximate surface area is 122 Å². The molecule has 0 fully saturated rings. The SMILES string of the molecule is Cc1ccc2c(c1)[C@H](N)CC(c1ccc(F)c(Cl)c1)O2. The number of rotatable bonds is 1. The lowest BCUT2D eigenvalue weighted by atomic mass is 9.92. The van der Waals surface area contributed by atoms with Gasteiger partial charge in [-0.2, -0.15) is 0 Å². The molecule has 1 heterocycles. The molecule has 2 N–H and O–H groups in total. The summed E-state index contributed by atoms with van der Waals surface area (Å²) in [6.45, 7) is 2.03. The molecule has 4 heteroatoms. The summed E-state index contributed by atoms with van der Waals surface area (Å²) >= 11 is 5.83. The second-order valence-electron chi connectivity index (χ2n) is 5.16. The maximum atomic E-state index is 13.2. The molecular weight excluding hydrogens is 277 g/mol. The van der Waals surface area contributed by atoms with Crippen LogP contribution in [-0.2, 0) is 0 Å². The molecule has 0 saturated heterocycles. The van der Waals surface area contributed by atoms with E-state index in [2.05, 4.69) is 0 Å². The number of nitrogens with two attached hydrogens (primary N) is 1. The van der Waals surface area contributed by atoms with Crippen LogP contribution in [0.15, 0.2) is 36.4 Å². The molecule has 2 atom stereocenters. The third kappa shape index (κ3) is 2.39. The summed E-state index contributed by atoms with van der Waals surface area (Å²) in [5.74, 6) is 0.367. The van der Waals surface area contributed by atoms with Gasteiger partial charge in [-0.1, -0.05) is 35.4 Å². The normalized spacial score (nSPS) is 21.2. The fraction of sp³-hybridized carbons (Fsp3) is 0.250. The first-order valence-corrected chi connectivity index (χ1v) is 6.90. The summed E-state index contributed by atoms with van der Waals surface area (Å²) in [5.41, 5.74) is 9.25. The summed E-state index contributed by atoms with van der Waals surface area (Å²) < 4.78 is 19.2. The van der Waals surface area contributed by atoms with Crippen molar-refractivity contribution in [2.45, 2.75) is 25.5 Å². The Morgan fingerprint density at radius 3 is 2.80 bits per heavy atom. The van der Waals surface area contributed by atoms with Gasteiger partial charge in [0.05, 0.1) is 5.02 Å². The predicted octanol–water partition coefficient (Wildman–Crippen LogP) is 4.31. The molecule has 0 aliphatic carbocycles. The molecule has 1 aliphatic heterocycles. The van der Waals surface area contributed by atoms with E-state index in [-0.39, 0.29) is 17.2 Å². The molecule has 0 radical (unpaired) electrons. The summed E-state index contributed by atoms with van der Waals surface area (Å²) in [6.07, 6.45) is 0.455. The van der Waals surface area contributed by atoms with Crippen LogP contribution in [0.2, 0.25) is 5.02 Å². The summed E-state index contributed by atoms with van der Waals surface area (Å²) in [6, 6.07) is 10.5. The molecule has 0 bridgehead atoms. The third-order valence-corrected chi connectivity index (χ3v) is 3.91. The van der Waals surface area contributed by atoms with Crippen LogP contribution >= 0.6 is 11.6 Å². The molecule has 3 rings (SSSR count). The number of benzene rings is 2. The smallest absolute Gasteiger partial charge is 0.141 e. The highest BCUT2D eigenvalue weighted by Crippen LogP contribution is 2.40. The predicted molar refractivity (Wildman–Crippen MR) is 77.5 cm³/mol. The zero-order valence-corrected chi connectivity index (χ0v) is 11.8. The van der Waals surface area contributed by atoms with Crippen molar-refractivity contribution >= 4 is 11.6 Å². The Morgan fingerprint density at radius 1 is 1.25 bits per heavy atom. The average molecular weight is 292 g/mol. The second kappa shape index (κ2) is 5.08. The zero-order valence-electron chi connectivity index (χ0n) is 11.1. The van der Waals surface area contributed by atoms with Gasteiger partial charge in [-0.3, -0.25) is 0 Å². The molecule has 0 spiro atoms. The summed E-state index contributed by atoms with van der Waals surface area (Å²) in [4.78, 5) is 0. The largest absolute Gasteiger partial charge is 0.485 e. The Balaban J connectivity index is 1.94. The van der Waals surface area contributed by atoms with Crippen molar-refractivity contribution in [1.29, 1.82) is 0 Å². The van der Waals surface area contributed by atoms with Crippen molar-refractivity contribution in [1.82, 2.24) is 0 Å². The molecule has 2 aromatic carbocycles. The van der Waals surface area contributed by atoms with Crippen molar-refractivity contribution in [3.8, 4) is 5.75 Å². The fourth-order valence-electron chi connectivity index (χ4n) is 2.54. The van der Waals surface area contributed by atoms with Crippen molar-refractivity contribution in [2.75, 3.05) is 0 Å². The number of hydrogen-bond donors (Lipinski definition) is 1. The lowest BCUT2D eigenvalue weighted by Gasteiger charge is -2.31. The van der Waals surface area contributed by atoms with Crippen molar-refractivity contribution < 1.29 is 9.13 Å². The molecule has 1 unspecified atom stereocenters. The first-order chi connectivity index (χ1) is 9.54. The van der Waals surface area contributed by atoms with Crippen LogP contribution in [0.5, 0.6) is 5.75 Å². The number of ether oxygens (including phenoxy) is 1. The van der Waals surface area contributed by atoms with Gasteiger partial charge in [0.25, 0.3) is 0 Å². The van der Waals surface area contributed by atoms with Gasteiger partial charge in [0.2, 0.25) is 0 Å². The highest BCUT2D eigenvalue weighted by atomic mass is 35.5. The highest BCUT2D eigenvalue weighted by Gasteiger charge is 2.27. The monoisotopic (exact) mass is 291 g/mol.